The third-order valence-corrected chi connectivity index (χ3v) is 5.73. The smallest absolute Gasteiger partial charge is 0.254 e. The molecule has 2 saturated heterocycles. The van der Waals surface area contributed by atoms with E-state index >= 15 is 0 Å². The van der Waals surface area contributed by atoms with Gasteiger partial charge in [-0.05, 0) is 24.7 Å². The van der Waals surface area contributed by atoms with Gasteiger partial charge in [0.25, 0.3) is 5.91 Å². The van der Waals surface area contributed by atoms with Gasteiger partial charge in [-0.15, -0.1) is 0 Å². The molecule has 4 rings (SSSR count). The van der Waals surface area contributed by atoms with Crippen LogP contribution in [-0.2, 0) is 6.54 Å². The van der Waals surface area contributed by atoms with Crippen molar-refractivity contribution in [1.82, 2.24) is 19.7 Å². The van der Waals surface area contributed by atoms with Crippen LogP contribution >= 0.6 is 0 Å². The third kappa shape index (κ3) is 4.51. The Hall–Kier alpha value is -2.44. The molecule has 2 aliphatic rings. The second-order valence-corrected chi connectivity index (χ2v) is 7.75. The first-order valence-corrected chi connectivity index (χ1v) is 10.1. The number of hydrogen-bond acceptors (Lipinski definition) is 5. The molecule has 0 spiro atoms. The SMILES string of the molecule is CN1CCN(C(=O)c2ccnc(N3CCN(Cc4ccccc4)CC3)c2)CC1. The van der Waals surface area contributed by atoms with Crippen molar-refractivity contribution in [3.05, 3.63) is 59.8 Å². The van der Waals surface area contributed by atoms with Gasteiger partial charge in [-0.2, -0.15) is 0 Å². The highest BCUT2D eigenvalue weighted by Gasteiger charge is 2.22. The number of pyridine rings is 1. The van der Waals surface area contributed by atoms with Crippen LogP contribution in [0.3, 0.4) is 0 Å². The summed E-state index contributed by atoms with van der Waals surface area (Å²) in [6, 6.07) is 14.4. The number of aromatic nitrogens is 1. The Labute approximate surface area is 167 Å². The molecule has 0 saturated carbocycles. The summed E-state index contributed by atoms with van der Waals surface area (Å²) in [4.78, 5) is 26.4. The second kappa shape index (κ2) is 8.71. The highest BCUT2D eigenvalue weighted by Crippen LogP contribution is 2.18. The highest BCUT2D eigenvalue weighted by atomic mass is 16.2. The number of carbonyl (C=O) groups is 1. The Balaban J connectivity index is 1.35. The van der Waals surface area contributed by atoms with Crippen LogP contribution in [0.4, 0.5) is 5.82 Å². The molecule has 1 amide bonds. The van der Waals surface area contributed by atoms with E-state index in [9.17, 15) is 4.79 Å². The zero-order chi connectivity index (χ0) is 19.3. The number of hydrogen-bond donors (Lipinski definition) is 0. The molecule has 3 heterocycles. The zero-order valence-corrected chi connectivity index (χ0v) is 16.6. The topological polar surface area (TPSA) is 42.9 Å². The predicted molar refractivity (Wildman–Crippen MR) is 112 cm³/mol. The van der Waals surface area contributed by atoms with E-state index in [4.69, 9.17) is 0 Å². The van der Waals surface area contributed by atoms with E-state index in [0.717, 1.165) is 70.3 Å². The highest BCUT2D eigenvalue weighted by molar-refractivity contribution is 5.95. The van der Waals surface area contributed by atoms with Crippen LogP contribution in [0, 0.1) is 0 Å². The Morgan fingerprint density at radius 1 is 0.929 bits per heavy atom. The van der Waals surface area contributed by atoms with Gasteiger partial charge in [0.1, 0.15) is 5.82 Å². The van der Waals surface area contributed by atoms with E-state index in [1.807, 2.05) is 17.0 Å². The zero-order valence-electron chi connectivity index (χ0n) is 16.6. The van der Waals surface area contributed by atoms with Gasteiger partial charge in [0.05, 0.1) is 0 Å². The molecule has 28 heavy (non-hydrogen) atoms. The lowest BCUT2D eigenvalue weighted by Crippen LogP contribution is -2.47. The minimum atomic E-state index is 0.125. The number of amides is 1. The fourth-order valence-corrected chi connectivity index (χ4v) is 3.89. The minimum Gasteiger partial charge on any atom is -0.354 e. The molecule has 1 aromatic heterocycles. The Morgan fingerprint density at radius 2 is 1.64 bits per heavy atom. The molecule has 0 radical (unpaired) electrons. The van der Waals surface area contributed by atoms with Crippen LogP contribution in [0.5, 0.6) is 0 Å². The average Bonchev–Trinajstić information content (AvgIpc) is 2.75. The van der Waals surface area contributed by atoms with E-state index < -0.39 is 0 Å². The van der Waals surface area contributed by atoms with Crippen LogP contribution in [0.2, 0.25) is 0 Å². The van der Waals surface area contributed by atoms with Crippen LogP contribution in [0.1, 0.15) is 15.9 Å². The lowest BCUT2D eigenvalue weighted by atomic mass is 10.2. The van der Waals surface area contributed by atoms with E-state index in [1.54, 1.807) is 6.20 Å². The lowest BCUT2D eigenvalue weighted by Gasteiger charge is -2.36. The molecule has 1 aromatic carbocycles. The van der Waals surface area contributed by atoms with Gasteiger partial charge in [-0.25, -0.2) is 4.98 Å². The number of carbonyl (C=O) groups excluding carboxylic acids is 1. The molecule has 2 aromatic rings. The predicted octanol–water partition coefficient (Wildman–Crippen LogP) is 1.79. The van der Waals surface area contributed by atoms with Gasteiger partial charge in [-0.3, -0.25) is 9.69 Å². The number of benzene rings is 1. The molecule has 6 nitrogen and oxygen atoms in total. The summed E-state index contributed by atoms with van der Waals surface area (Å²) in [7, 11) is 2.10. The van der Waals surface area contributed by atoms with Crippen molar-refractivity contribution in [2.45, 2.75) is 6.54 Å². The summed E-state index contributed by atoms with van der Waals surface area (Å²) in [5, 5.41) is 0. The first-order valence-electron chi connectivity index (χ1n) is 10.1. The van der Waals surface area contributed by atoms with E-state index in [2.05, 4.69) is 57.1 Å². The maximum atomic E-state index is 12.8. The molecule has 148 valence electrons. The van der Waals surface area contributed by atoms with Gasteiger partial charge < -0.3 is 14.7 Å². The van der Waals surface area contributed by atoms with Gasteiger partial charge >= 0.3 is 0 Å². The van der Waals surface area contributed by atoms with Crippen LogP contribution < -0.4 is 4.90 Å². The van der Waals surface area contributed by atoms with Crippen molar-refractivity contribution < 1.29 is 4.79 Å². The average molecular weight is 380 g/mol. The Kier molecular flexibility index (Phi) is 5.88. The summed E-state index contributed by atoms with van der Waals surface area (Å²) in [5.74, 6) is 1.04. The van der Waals surface area contributed by atoms with Crippen LogP contribution in [0.15, 0.2) is 48.7 Å². The fourth-order valence-electron chi connectivity index (χ4n) is 3.89. The lowest BCUT2D eigenvalue weighted by molar-refractivity contribution is 0.0664. The third-order valence-electron chi connectivity index (χ3n) is 5.73. The first-order chi connectivity index (χ1) is 13.7. The Morgan fingerprint density at radius 3 is 2.36 bits per heavy atom. The number of nitrogens with zero attached hydrogens (tertiary/aromatic N) is 5. The maximum absolute atomic E-state index is 12.8. The summed E-state index contributed by atoms with van der Waals surface area (Å²) in [5.41, 5.74) is 2.11. The van der Waals surface area contributed by atoms with Crippen LogP contribution in [0.25, 0.3) is 0 Å². The summed E-state index contributed by atoms with van der Waals surface area (Å²) in [6.07, 6.45) is 1.77. The van der Waals surface area contributed by atoms with Crippen molar-refractivity contribution in [3.8, 4) is 0 Å². The number of likely N-dealkylation sites (N-methyl/N-ethyl adjacent to an activating group) is 1. The fraction of sp³-hybridized carbons (Fsp3) is 0.455. The normalized spacial score (nSPS) is 19.0. The van der Waals surface area contributed by atoms with Gasteiger partial charge in [0.15, 0.2) is 0 Å². The molecule has 2 aliphatic heterocycles. The summed E-state index contributed by atoms with van der Waals surface area (Å²) >= 11 is 0. The van der Waals surface area contributed by atoms with Crippen molar-refractivity contribution in [2.75, 3.05) is 64.3 Å². The van der Waals surface area contributed by atoms with Gasteiger partial charge in [-0.1, -0.05) is 30.3 Å². The van der Waals surface area contributed by atoms with Crippen molar-refractivity contribution >= 4 is 11.7 Å². The summed E-state index contributed by atoms with van der Waals surface area (Å²) < 4.78 is 0. The van der Waals surface area contributed by atoms with E-state index in [0.29, 0.717) is 0 Å². The standard InChI is InChI=1S/C22H29N5O/c1-24-9-13-27(14-10-24)22(28)20-7-8-23-21(17-20)26-15-11-25(12-16-26)18-19-5-3-2-4-6-19/h2-8,17H,9-16,18H2,1H3. The van der Waals surface area contributed by atoms with Crippen LogP contribution in [-0.4, -0.2) is 85.0 Å². The van der Waals surface area contributed by atoms with Crippen molar-refractivity contribution in [3.63, 3.8) is 0 Å². The summed E-state index contributed by atoms with van der Waals surface area (Å²) in [6.45, 7) is 8.35. The molecule has 0 N–H and O–H groups in total. The molecule has 0 aliphatic carbocycles. The number of piperazine rings is 2. The van der Waals surface area contributed by atoms with Gasteiger partial charge in [0.2, 0.25) is 0 Å². The first kappa shape index (κ1) is 18.9. The van der Waals surface area contributed by atoms with Gasteiger partial charge in [0, 0.05) is 70.7 Å². The van der Waals surface area contributed by atoms with Crippen molar-refractivity contribution in [2.24, 2.45) is 0 Å². The molecular weight excluding hydrogens is 350 g/mol. The quantitative estimate of drug-likeness (QED) is 0.810. The van der Waals surface area contributed by atoms with E-state index in [1.165, 1.54) is 5.56 Å². The monoisotopic (exact) mass is 379 g/mol. The van der Waals surface area contributed by atoms with E-state index in [-0.39, 0.29) is 5.91 Å². The molecule has 6 heteroatoms. The molecule has 2 fully saturated rings. The number of rotatable bonds is 4. The second-order valence-electron chi connectivity index (χ2n) is 7.75. The number of anilines is 1. The molecule has 0 unspecified atom stereocenters. The maximum Gasteiger partial charge on any atom is 0.254 e. The molecule has 0 atom stereocenters. The van der Waals surface area contributed by atoms with Crippen molar-refractivity contribution in [1.29, 1.82) is 0 Å². The minimum absolute atomic E-state index is 0.125. The largest absolute Gasteiger partial charge is 0.354 e. The molecular formula is C22H29N5O. The molecule has 0 bridgehead atoms. The Bertz CT molecular complexity index is 781.